The summed E-state index contributed by atoms with van der Waals surface area (Å²) in [6, 6.07) is 16.5. The molecular weight excluding hydrogens is 258 g/mol. The highest BCUT2D eigenvalue weighted by Crippen LogP contribution is 2.29. The summed E-state index contributed by atoms with van der Waals surface area (Å²) >= 11 is 0. The first kappa shape index (κ1) is 13.7. The van der Waals surface area contributed by atoms with Crippen LogP contribution in [0.5, 0.6) is 0 Å². The van der Waals surface area contributed by atoms with Gasteiger partial charge >= 0.3 is 0 Å². The number of hydrogen-bond donors (Lipinski definition) is 0. The van der Waals surface area contributed by atoms with Gasteiger partial charge in [0.05, 0.1) is 11.4 Å². The van der Waals surface area contributed by atoms with Crippen molar-refractivity contribution in [1.29, 1.82) is 0 Å². The van der Waals surface area contributed by atoms with E-state index in [0.29, 0.717) is 18.6 Å². The van der Waals surface area contributed by atoms with Crippen LogP contribution in [0.4, 0.5) is 5.69 Å². The third kappa shape index (κ3) is 3.10. The minimum absolute atomic E-state index is 0.319. The summed E-state index contributed by atoms with van der Waals surface area (Å²) < 4.78 is 0. The standard InChI is InChI=1S/C19H19NO/c1-2-6-17(21)12-14-9-10-18-16(11-14)13-19(20-18)15-7-4-3-5-8-15/h3-5,7-11H,2,6,12-13H2,1H3. The van der Waals surface area contributed by atoms with Gasteiger partial charge in [0.2, 0.25) is 0 Å². The Kier molecular flexibility index (Phi) is 3.96. The predicted molar refractivity (Wildman–Crippen MR) is 86.4 cm³/mol. The third-order valence-corrected chi connectivity index (χ3v) is 3.79. The number of carbonyl (C=O) groups excluding carboxylic acids is 1. The second-order valence-electron chi connectivity index (χ2n) is 5.53. The van der Waals surface area contributed by atoms with Crippen LogP contribution in [0.3, 0.4) is 0 Å². The SMILES string of the molecule is CCCC(=O)Cc1ccc2c(c1)CC(c1ccccc1)=N2. The van der Waals surface area contributed by atoms with E-state index in [1.54, 1.807) is 0 Å². The number of benzene rings is 2. The largest absolute Gasteiger partial charge is 0.299 e. The fraction of sp³-hybridized carbons (Fsp3) is 0.263. The number of nitrogens with zero attached hydrogens (tertiary/aromatic N) is 1. The van der Waals surface area contributed by atoms with Crippen molar-refractivity contribution in [1.82, 2.24) is 0 Å². The summed E-state index contributed by atoms with van der Waals surface area (Å²) in [7, 11) is 0. The van der Waals surface area contributed by atoms with Crippen molar-refractivity contribution < 1.29 is 4.79 Å². The van der Waals surface area contributed by atoms with E-state index < -0.39 is 0 Å². The molecule has 0 N–H and O–H groups in total. The Bertz CT molecular complexity index is 686. The molecule has 0 radical (unpaired) electrons. The molecule has 3 rings (SSSR count). The number of hydrogen-bond acceptors (Lipinski definition) is 2. The molecule has 0 fully saturated rings. The Morgan fingerprint density at radius 3 is 2.71 bits per heavy atom. The number of Topliss-reactive ketones (excluding diaryl/α,β-unsaturated/α-hetero) is 1. The zero-order valence-corrected chi connectivity index (χ0v) is 12.3. The Morgan fingerprint density at radius 2 is 1.95 bits per heavy atom. The van der Waals surface area contributed by atoms with E-state index in [4.69, 9.17) is 4.99 Å². The van der Waals surface area contributed by atoms with E-state index in [9.17, 15) is 4.79 Å². The zero-order chi connectivity index (χ0) is 14.7. The average molecular weight is 277 g/mol. The van der Waals surface area contributed by atoms with Crippen molar-refractivity contribution in [2.75, 3.05) is 0 Å². The number of ketones is 1. The fourth-order valence-corrected chi connectivity index (χ4v) is 2.76. The van der Waals surface area contributed by atoms with Crippen molar-refractivity contribution >= 4 is 17.2 Å². The van der Waals surface area contributed by atoms with Crippen molar-refractivity contribution in [2.45, 2.75) is 32.6 Å². The van der Waals surface area contributed by atoms with E-state index in [1.165, 1.54) is 11.1 Å². The van der Waals surface area contributed by atoms with E-state index in [-0.39, 0.29) is 0 Å². The fourth-order valence-electron chi connectivity index (χ4n) is 2.76. The van der Waals surface area contributed by atoms with Gasteiger partial charge in [-0.3, -0.25) is 9.79 Å². The highest BCUT2D eigenvalue weighted by Gasteiger charge is 2.16. The van der Waals surface area contributed by atoms with Crippen molar-refractivity contribution in [2.24, 2.45) is 4.99 Å². The Morgan fingerprint density at radius 1 is 1.14 bits per heavy atom. The number of fused-ring (bicyclic) bond motifs is 1. The minimum atomic E-state index is 0.319. The van der Waals surface area contributed by atoms with Crippen LogP contribution in [-0.4, -0.2) is 11.5 Å². The maximum atomic E-state index is 11.8. The summed E-state index contributed by atoms with van der Waals surface area (Å²) in [6.45, 7) is 2.04. The monoisotopic (exact) mass is 277 g/mol. The summed E-state index contributed by atoms with van der Waals surface area (Å²) in [5, 5.41) is 0. The molecule has 2 heteroatoms. The maximum Gasteiger partial charge on any atom is 0.137 e. The molecule has 2 nitrogen and oxygen atoms in total. The third-order valence-electron chi connectivity index (χ3n) is 3.79. The van der Waals surface area contributed by atoms with Crippen LogP contribution in [0.15, 0.2) is 53.5 Å². The minimum Gasteiger partial charge on any atom is -0.299 e. The van der Waals surface area contributed by atoms with Crippen LogP contribution in [0.2, 0.25) is 0 Å². The van der Waals surface area contributed by atoms with E-state index in [2.05, 4.69) is 18.2 Å². The van der Waals surface area contributed by atoms with E-state index in [1.807, 2.05) is 37.3 Å². The summed E-state index contributed by atoms with van der Waals surface area (Å²) in [6.07, 6.45) is 2.99. The molecule has 0 spiro atoms. The average Bonchev–Trinajstić information content (AvgIpc) is 2.91. The lowest BCUT2D eigenvalue weighted by molar-refractivity contribution is -0.118. The van der Waals surface area contributed by atoms with Gasteiger partial charge in [0.1, 0.15) is 5.78 Å². The van der Waals surface area contributed by atoms with Gasteiger partial charge < -0.3 is 0 Å². The van der Waals surface area contributed by atoms with Gasteiger partial charge in [0.25, 0.3) is 0 Å². The molecule has 1 heterocycles. The molecule has 1 aliphatic rings. The molecular formula is C19H19NO. The van der Waals surface area contributed by atoms with Crippen LogP contribution in [0, 0.1) is 0 Å². The number of carbonyl (C=O) groups is 1. The summed E-state index contributed by atoms with van der Waals surface area (Å²) in [5.74, 6) is 0.319. The lowest BCUT2D eigenvalue weighted by Gasteiger charge is -2.03. The molecule has 1 aliphatic heterocycles. The molecule has 0 saturated heterocycles. The second-order valence-corrected chi connectivity index (χ2v) is 5.53. The Hall–Kier alpha value is -2.22. The lowest BCUT2D eigenvalue weighted by atomic mass is 10.00. The zero-order valence-electron chi connectivity index (χ0n) is 12.3. The van der Waals surface area contributed by atoms with Crippen molar-refractivity contribution in [3.05, 3.63) is 65.2 Å². The molecule has 0 atom stereocenters. The van der Waals surface area contributed by atoms with Gasteiger partial charge in [-0.2, -0.15) is 0 Å². The topological polar surface area (TPSA) is 29.4 Å². The quantitative estimate of drug-likeness (QED) is 0.802. The Labute approximate surface area is 125 Å². The van der Waals surface area contributed by atoms with Crippen molar-refractivity contribution in [3.8, 4) is 0 Å². The van der Waals surface area contributed by atoms with Crippen LogP contribution < -0.4 is 0 Å². The highest BCUT2D eigenvalue weighted by molar-refractivity contribution is 6.06. The Balaban J connectivity index is 1.77. The van der Waals surface area contributed by atoms with E-state index >= 15 is 0 Å². The second kappa shape index (κ2) is 6.04. The van der Waals surface area contributed by atoms with Gasteiger partial charge in [-0.1, -0.05) is 49.4 Å². The number of aliphatic imine (C=N–C) groups is 1. The van der Waals surface area contributed by atoms with Crippen LogP contribution in [-0.2, 0) is 17.6 Å². The maximum absolute atomic E-state index is 11.8. The molecule has 0 amide bonds. The first-order chi connectivity index (χ1) is 10.3. The van der Waals surface area contributed by atoms with Gasteiger partial charge in [-0.05, 0) is 29.2 Å². The van der Waals surface area contributed by atoms with Crippen LogP contribution in [0.1, 0.15) is 36.5 Å². The first-order valence-electron chi connectivity index (χ1n) is 7.52. The molecule has 0 aromatic heterocycles. The predicted octanol–water partition coefficient (Wildman–Crippen LogP) is 4.28. The van der Waals surface area contributed by atoms with Gasteiger partial charge in [0, 0.05) is 19.3 Å². The van der Waals surface area contributed by atoms with Crippen LogP contribution in [0.25, 0.3) is 0 Å². The molecule has 2 aromatic rings. The van der Waals surface area contributed by atoms with Crippen LogP contribution >= 0.6 is 0 Å². The van der Waals surface area contributed by atoms with Crippen molar-refractivity contribution in [3.63, 3.8) is 0 Å². The molecule has 2 aromatic carbocycles. The van der Waals surface area contributed by atoms with Gasteiger partial charge in [-0.15, -0.1) is 0 Å². The molecule has 21 heavy (non-hydrogen) atoms. The first-order valence-corrected chi connectivity index (χ1v) is 7.52. The number of rotatable bonds is 5. The highest BCUT2D eigenvalue weighted by atomic mass is 16.1. The normalized spacial score (nSPS) is 12.9. The molecule has 0 bridgehead atoms. The lowest BCUT2D eigenvalue weighted by Crippen LogP contribution is -2.03. The smallest absolute Gasteiger partial charge is 0.137 e. The molecule has 0 saturated carbocycles. The summed E-state index contributed by atoms with van der Waals surface area (Å²) in [5.41, 5.74) is 5.67. The molecule has 106 valence electrons. The van der Waals surface area contributed by atoms with Gasteiger partial charge in [-0.25, -0.2) is 0 Å². The molecule has 0 aliphatic carbocycles. The molecule has 0 unspecified atom stereocenters. The summed E-state index contributed by atoms with van der Waals surface area (Å²) in [4.78, 5) is 16.5. The van der Waals surface area contributed by atoms with Gasteiger partial charge in [0.15, 0.2) is 0 Å². The van der Waals surface area contributed by atoms with E-state index in [0.717, 1.165) is 29.8 Å².